The van der Waals surface area contributed by atoms with Crippen molar-refractivity contribution in [3.8, 4) is 0 Å². The van der Waals surface area contributed by atoms with Crippen LogP contribution in [0.1, 0.15) is 16.7 Å². The van der Waals surface area contributed by atoms with E-state index in [1.165, 1.54) is 0 Å². The second-order valence-electron chi connectivity index (χ2n) is 5.55. The molecule has 0 heterocycles. The molecule has 0 aliphatic carbocycles. The number of carbonyl (C=O) groups is 1. The Morgan fingerprint density at radius 2 is 1.41 bits per heavy atom. The Hall–Kier alpha value is -2.42. The minimum Gasteiger partial charge on any atom is -0.338 e. The second-order valence-corrected chi connectivity index (χ2v) is 5.99. The van der Waals surface area contributed by atoms with Crippen molar-refractivity contribution in [2.24, 2.45) is 0 Å². The van der Waals surface area contributed by atoms with Crippen molar-refractivity contribution in [1.82, 2.24) is 5.32 Å². The molecule has 0 unspecified atom stereocenters. The van der Waals surface area contributed by atoms with E-state index in [9.17, 15) is 31.1 Å². The summed E-state index contributed by atoms with van der Waals surface area (Å²) in [4.78, 5) is 11.8. The highest BCUT2D eigenvalue weighted by molar-refractivity contribution is 6.30. The summed E-state index contributed by atoms with van der Waals surface area (Å²) in [5.74, 6) is 0. The van der Waals surface area contributed by atoms with E-state index in [1.54, 1.807) is 24.3 Å². The van der Waals surface area contributed by atoms with Crippen LogP contribution in [0.2, 0.25) is 5.02 Å². The molecule has 146 valence electrons. The van der Waals surface area contributed by atoms with Gasteiger partial charge in [-0.15, -0.1) is 0 Å². The van der Waals surface area contributed by atoms with Gasteiger partial charge in [0.15, 0.2) is 0 Å². The molecule has 0 aromatic heterocycles. The van der Waals surface area contributed by atoms with Gasteiger partial charge in [-0.2, -0.15) is 26.3 Å². The minimum atomic E-state index is -4.98. The number of nitrogens with one attached hydrogen (secondary N) is 2. The Morgan fingerprint density at radius 1 is 0.889 bits per heavy atom. The number of anilines is 1. The number of amides is 2. The maximum atomic E-state index is 12.8. The van der Waals surface area contributed by atoms with Gasteiger partial charge in [0, 0.05) is 17.3 Å². The number of halogens is 7. The molecule has 0 saturated carbocycles. The lowest BCUT2D eigenvalue weighted by Crippen LogP contribution is -2.30. The van der Waals surface area contributed by atoms with Crippen LogP contribution in [0.5, 0.6) is 0 Å². The Kier molecular flexibility index (Phi) is 6.25. The fourth-order valence-corrected chi connectivity index (χ4v) is 2.30. The first-order valence-electron chi connectivity index (χ1n) is 7.54. The number of benzene rings is 2. The number of alkyl halides is 6. The zero-order valence-corrected chi connectivity index (χ0v) is 14.3. The molecule has 3 nitrogen and oxygen atoms in total. The summed E-state index contributed by atoms with van der Waals surface area (Å²) in [7, 11) is 0. The lowest BCUT2D eigenvalue weighted by atomic mass is 10.1. The fraction of sp³-hybridized carbons (Fsp3) is 0.235. The van der Waals surface area contributed by atoms with Gasteiger partial charge in [-0.05, 0) is 42.3 Å². The van der Waals surface area contributed by atoms with Gasteiger partial charge in [-0.3, -0.25) is 0 Å². The molecule has 10 heteroatoms. The van der Waals surface area contributed by atoms with Crippen molar-refractivity contribution < 1.29 is 31.1 Å². The Bertz CT molecular complexity index is 770. The normalized spacial score (nSPS) is 12.0. The second kappa shape index (κ2) is 8.08. The standard InChI is InChI=1S/C17H13ClF6N2O/c18-13-3-1-10(2-4-13)5-6-25-15(27)26-14-8-11(16(19,20)21)7-12(9-14)17(22,23)24/h1-4,7-9H,5-6H2,(H2,25,26,27). The predicted molar refractivity (Wildman–Crippen MR) is 88.6 cm³/mol. The lowest BCUT2D eigenvalue weighted by Gasteiger charge is -2.15. The van der Waals surface area contributed by atoms with E-state index in [1.807, 2.05) is 5.32 Å². The number of hydrogen-bond acceptors (Lipinski definition) is 1. The maximum absolute atomic E-state index is 12.8. The minimum absolute atomic E-state index is 0.0103. The summed E-state index contributed by atoms with van der Waals surface area (Å²) in [6.07, 6.45) is -9.56. The predicted octanol–water partition coefficient (Wildman–Crippen LogP) is 5.74. The molecule has 2 N–H and O–H groups in total. The molecule has 0 radical (unpaired) electrons. The molecular formula is C17H13ClF6N2O. The number of urea groups is 1. The molecule has 2 aromatic rings. The fourth-order valence-electron chi connectivity index (χ4n) is 2.17. The van der Waals surface area contributed by atoms with Crippen molar-refractivity contribution in [2.45, 2.75) is 18.8 Å². The highest BCUT2D eigenvalue weighted by atomic mass is 35.5. The summed E-state index contributed by atoms with van der Waals surface area (Å²) in [6.45, 7) is 0.124. The van der Waals surface area contributed by atoms with Crippen LogP contribution in [-0.2, 0) is 18.8 Å². The number of carbonyl (C=O) groups excluding carboxylic acids is 1. The van der Waals surface area contributed by atoms with Crippen molar-refractivity contribution in [2.75, 3.05) is 11.9 Å². The van der Waals surface area contributed by atoms with Crippen LogP contribution < -0.4 is 10.6 Å². The maximum Gasteiger partial charge on any atom is 0.416 e. The van der Waals surface area contributed by atoms with Crippen LogP contribution in [0.25, 0.3) is 0 Å². The molecule has 0 aliphatic heterocycles. The summed E-state index contributed by atoms with van der Waals surface area (Å²) in [5, 5.41) is 4.89. The largest absolute Gasteiger partial charge is 0.416 e. The summed E-state index contributed by atoms with van der Waals surface area (Å²) < 4.78 is 76.7. The molecular weight excluding hydrogens is 398 g/mol. The molecule has 0 atom stereocenters. The molecule has 0 aliphatic rings. The zero-order chi connectivity index (χ0) is 20.2. The van der Waals surface area contributed by atoms with Crippen molar-refractivity contribution in [3.05, 3.63) is 64.2 Å². The molecule has 0 spiro atoms. The van der Waals surface area contributed by atoms with E-state index < -0.39 is 35.2 Å². The first kappa shape index (κ1) is 20.9. The van der Waals surface area contributed by atoms with Crippen molar-refractivity contribution in [1.29, 1.82) is 0 Å². The third kappa shape index (κ3) is 6.35. The van der Waals surface area contributed by atoms with Gasteiger partial charge in [0.2, 0.25) is 0 Å². The third-order valence-electron chi connectivity index (χ3n) is 3.46. The van der Waals surface area contributed by atoms with Crippen LogP contribution in [0.4, 0.5) is 36.8 Å². The van der Waals surface area contributed by atoms with E-state index in [0.29, 0.717) is 23.6 Å². The highest BCUT2D eigenvalue weighted by Crippen LogP contribution is 2.37. The van der Waals surface area contributed by atoms with Crippen LogP contribution in [0.3, 0.4) is 0 Å². The molecule has 2 rings (SSSR count). The van der Waals surface area contributed by atoms with E-state index in [0.717, 1.165) is 5.56 Å². The van der Waals surface area contributed by atoms with Gasteiger partial charge in [0.1, 0.15) is 0 Å². The average molecular weight is 411 g/mol. The number of hydrogen-bond donors (Lipinski definition) is 2. The van der Waals surface area contributed by atoms with Crippen LogP contribution in [0, 0.1) is 0 Å². The van der Waals surface area contributed by atoms with E-state index in [-0.39, 0.29) is 12.6 Å². The Labute approximate surface area is 155 Å². The van der Waals surface area contributed by atoms with E-state index >= 15 is 0 Å². The summed E-state index contributed by atoms with van der Waals surface area (Å²) in [5.41, 5.74) is -2.78. The monoisotopic (exact) mass is 410 g/mol. The topological polar surface area (TPSA) is 41.1 Å². The Balaban J connectivity index is 2.04. The Morgan fingerprint density at radius 3 is 1.89 bits per heavy atom. The van der Waals surface area contributed by atoms with Crippen LogP contribution in [0.15, 0.2) is 42.5 Å². The number of rotatable bonds is 4. The first-order valence-corrected chi connectivity index (χ1v) is 7.92. The molecule has 2 amide bonds. The molecule has 0 fully saturated rings. The van der Waals surface area contributed by atoms with Gasteiger partial charge in [-0.1, -0.05) is 23.7 Å². The zero-order valence-electron chi connectivity index (χ0n) is 13.5. The van der Waals surface area contributed by atoms with Gasteiger partial charge in [-0.25, -0.2) is 4.79 Å². The molecule has 0 saturated heterocycles. The van der Waals surface area contributed by atoms with Crippen molar-refractivity contribution in [3.63, 3.8) is 0 Å². The van der Waals surface area contributed by atoms with E-state index in [2.05, 4.69) is 5.32 Å². The summed E-state index contributed by atoms with van der Waals surface area (Å²) >= 11 is 5.74. The van der Waals surface area contributed by atoms with Gasteiger partial charge in [0.05, 0.1) is 11.1 Å². The average Bonchev–Trinajstić information content (AvgIpc) is 2.55. The molecule has 2 aromatic carbocycles. The molecule has 0 bridgehead atoms. The SMILES string of the molecule is O=C(NCCc1ccc(Cl)cc1)Nc1cc(C(F)(F)F)cc(C(F)(F)F)c1. The van der Waals surface area contributed by atoms with Gasteiger partial charge < -0.3 is 10.6 Å². The van der Waals surface area contributed by atoms with Crippen LogP contribution >= 0.6 is 11.6 Å². The third-order valence-corrected chi connectivity index (χ3v) is 3.71. The highest BCUT2D eigenvalue weighted by Gasteiger charge is 2.37. The quantitative estimate of drug-likeness (QED) is 0.620. The lowest BCUT2D eigenvalue weighted by molar-refractivity contribution is -0.143. The van der Waals surface area contributed by atoms with Crippen molar-refractivity contribution >= 4 is 23.3 Å². The van der Waals surface area contributed by atoms with Crippen LogP contribution in [-0.4, -0.2) is 12.6 Å². The van der Waals surface area contributed by atoms with Gasteiger partial charge in [0.25, 0.3) is 0 Å². The first-order chi connectivity index (χ1) is 12.4. The van der Waals surface area contributed by atoms with Gasteiger partial charge >= 0.3 is 18.4 Å². The molecule has 27 heavy (non-hydrogen) atoms. The summed E-state index contributed by atoms with van der Waals surface area (Å²) in [6, 6.07) is 6.70. The van der Waals surface area contributed by atoms with E-state index in [4.69, 9.17) is 11.6 Å². The smallest absolute Gasteiger partial charge is 0.338 e.